The molecule has 0 unspecified atom stereocenters. The van der Waals surface area contributed by atoms with Crippen LogP contribution in [0.3, 0.4) is 0 Å². The van der Waals surface area contributed by atoms with Crippen LogP contribution in [-0.2, 0) is 6.54 Å². The SMILES string of the molecule is CCOc1ccc(-c2ccsc2CN)cc1. The van der Waals surface area contributed by atoms with Gasteiger partial charge in [0.2, 0.25) is 0 Å². The van der Waals surface area contributed by atoms with Crippen molar-refractivity contribution in [3.05, 3.63) is 40.6 Å². The second-order valence-electron chi connectivity index (χ2n) is 3.42. The molecule has 2 aromatic rings. The molecular weight excluding hydrogens is 218 g/mol. The summed E-state index contributed by atoms with van der Waals surface area (Å²) in [5.41, 5.74) is 8.13. The standard InChI is InChI=1S/C13H15NOS/c1-2-15-11-5-3-10(4-6-11)12-7-8-16-13(12)9-14/h3-8H,2,9,14H2,1H3. The fourth-order valence-corrected chi connectivity index (χ4v) is 2.43. The van der Waals surface area contributed by atoms with E-state index < -0.39 is 0 Å². The van der Waals surface area contributed by atoms with Crippen molar-refractivity contribution < 1.29 is 4.74 Å². The summed E-state index contributed by atoms with van der Waals surface area (Å²) < 4.78 is 5.41. The van der Waals surface area contributed by atoms with Crippen molar-refractivity contribution in [2.45, 2.75) is 13.5 Å². The maximum Gasteiger partial charge on any atom is 0.119 e. The Balaban J connectivity index is 2.27. The molecule has 0 amide bonds. The third kappa shape index (κ3) is 2.26. The monoisotopic (exact) mass is 233 g/mol. The Kier molecular flexibility index (Phi) is 3.59. The van der Waals surface area contributed by atoms with Crippen molar-refractivity contribution in [2.24, 2.45) is 5.73 Å². The van der Waals surface area contributed by atoms with Gasteiger partial charge in [0.15, 0.2) is 0 Å². The van der Waals surface area contributed by atoms with E-state index in [-0.39, 0.29) is 0 Å². The Bertz CT molecular complexity index is 447. The van der Waals surface area contributed by atoms with Crippen LogP contribution in [0.5, 0.6) is 5.75 Å². The Morgan fingerprint density at radius 3 is 2.56 bits per heavy atom. The molecule has 2 N–H and O–H groups in total. The summed E-state index contributed by atoms with van der Waals surface area (Å²) >= 11 is 1.70. The van der Waals surface area contributed by atoms with Crippen LogP contribution in [-0.4, -0.2) is 6.61 Å². The molecule has 0 aliphatic rings. The lowest BCUT2D eigenvalue weighted by Crippen LogP contribution is -1.95. The van der Waals surface area contributed by atoms with Gasteiger partial charge in [0.25, 0.3) is 0 Å². The lowest BCUT2D eigenvalue weighted by molar-refractivity contribution is 0.340. The van der Waals surface area contributed by atoms with Gasteiger partial charge < -0.3 is 10.5 Å². The van der Waals surface area contributed by atoms with E-state index in [2.05, 4.69) is 23.6 Å². The number of hydrogen-bond donors (Lipinski definition) is 1. The van der Waals surface area contributed by atoms with Crippen LogP contribution >= 0.6 is 11.3 Å². The topological polar surface area (TPSA) is 35.2 Å². The molecule has 84 valence electrons. The van der Waals surface area contributed by atoms with E-state index in [1.165, 1.54) is 16.0 Å². The van der Waals surface area contributed by atoms with Crippen LogP contribution in [0.1, 0.15) is 11.8 Å². The summed E-state index contributed by atoms with van der Waals surface area (Å²) in [7, 11) is 0. The van der Waals surface area contributed by atoms with Gasteiger partial charge in [-0.25, -0.2) is 0 Å². The van der Waals surface area contributed by atoms with Gasteiger partial charge in [-0.05, 0) is 41.6 Å². The number of nitrogens with two attached hydrogens (primary N) is 1. The lowest BCUT2D eigenvalue weighted by Gasteiger charge is -2.05. The van der Waals surface area contributed by atoms with E-state index >= 15 is 0 Å². The second-order valence-corrected chi connectivity index (χ2v) is 4.42. The first kappa shape index (κ1) is 11.2. The van der Waals surface area contributed by atoms with Crippen molar-refractivity contribution >= 4 is 11.3 Å². The summed E-state index contributed by atoms with van der Waals surface area (Å²) in [6.45, 7) is 3.28. The van der Waals surface area contributed by atoms with E-state index in [4.69, 9.17) is 10.5 Å². The highest BCUT2D eigenvalue weighted by Crippen LogP contribution is 2.29. The van der Waals surface area contributed by atoms with Gasteiger partial charge in [0.1, 0.15) is 5.75 Å². The molecule has 1 aromatic heterocycles. The van der Waals surface area contributed by atoms with Crippen molar-refractivity contribution in [2.75, 3.05) is 6.61 Å². The molecule has 2 nitrogen and oxygen atoms in total. The number of benzene rings is 1. The number of rotatable bonds is 4. The van der Waals surface area contributed by atoms with Crippen molar-refractivity contribution in [1.29, 1.82) is 0 Å². The van der Waals surface area contributed by atoms with Crippen LogP contribution < -0.4 is 10.5 Å². The molecule has 0 aliphatic heterocycles. The van der Waals surface area contributed by atoms with E-state index in [9.17, 15) is 0 Å². The maximum atomic E-state index is 5.70. The van der Waals surface area contributed by atoms with Gasteiger partial charge in [-0.3, -0.25) is 0 Å². The zero-order chi connectivity index (χ0) is 11.4. The quantitative estimate of drug-likeness (QED) is 0.879. The molecule has 2 rings (SSSR count). The largest absolute Gasteiger partial charge is 0.494 e. The first-order valence-electron chi connectivity index (χ1n) is 5.34. The zero-order valence-corrected chi connectivity index (χ0v) is 10.1. The Hall–Kier alpha value is -1.32. The highest BCUT2D eigenvalue weighted by atomic mass is 32.1. The molecule has 0 saturated heterocycles. The van der Waals surface area contributed by atoms with Crippen molar-refractivity contribution in [3.8, 4) is 16.9 Å². The van der Waals surface area contributed by atoms with Crippen LogP contribution in [0.15, 0.2) is 35.7 Å². The molecule has 0 bridgehead atoms. The normalized spacial score (nSPS) is 10.4. The first-order chi connectivity index (χ1) is 7.85. The van der Waals surface area contributed by atoms with Crippen LogP contribution in [0, 0.1) is 0 Å². The fourth-order valence-electron chi connectivity index (χ4n) is 1.65. The minimum atomic E-state index is 0.597. The van der Waals surface area contributed by atoms with Gasteiger partial charge >= 0.3 is 0 Å². The minimum absolute atomic E-state index is 0.597. The molecule has 1 aromatic carbocycles. The molecular formula is C13H15NOS. The van der Waals surface area contributed by atoms with E-state index in [1.807, 2.05) is 19.1 Å². The molecule has 0 radical (unpaired) electrons. The summed E-state index contributed by atoms with van der Waals surface area (Å²) in [5.74, 6) is 0.913. The highest BCUT2D eigenvalue weighted by molar-refractivity contribution is 7.10. The summed E-state index contributed by atoms with van der Waals surface area (Å²) in [4.78, 5) is 1.23. The van der Waals surface area contributed by atoms with Crippen molar-refractivity contribution in [3.63, 3.8) is 0 Å². The minimum Gasteiger partial charge on any atom is -0.494 e. The molecule has 0 aliphatic carbocycles. The maximum absolute atomic E-state index is 5.70. The Morgan fingerprint density at radius 2 is 1.94 bits per heavy atom. The van der Waals surface area contributed by atoms with E-state index in [1.54, 1.807) is 11.3 Å². The van der Waals surface area contributed by atoms with Crippen molar-refractivity contribution in [1.82, 2.24) is 0 Å². The number of hydrogen-bond acceptors (Lipinski definition) is 3. The van der Waals surface area contributed by atoms with Gasteiger partial charge in [0, 0.05) is 11.4 Å². The van der Waals surface area contributed by atoms with Gasteiger partial charge in [-0.2, -0.15) is 0 Å². The van der Waals surface area contributed by atoms with Crippen LogP contribution in [0.25, 0.3) is 11.1 Å². The van der Waals surface area contributed by atoms with Gasteiger partial charge in [0.05, 0.1) is 6.61 Å². The third-order valence-corrected chi connectivity index (χ3v) is 3.35. The van der Waals surface area contributed by atoms with Crippen LogP contribution in [0.2, 0.25) is 0 Å². The molecule has 0 atom stereocenters. The van der Waals surface area contributed by atoms with E-state index in [0.29, 0.717) is 13.2 Å². The average molecular weight is 233 g/mol. The molecule has 0 fully saturated rings. The Morgan fingerprint density at radius 1 is 1.19 bits per heavy atom. The molecule has 3 heteroatoms. The fraction of sp³-hybridized carbons (Fsp3) is 0.231. The number of ether oxygens (including phenoxy) is 1. The first-order valence-corrected chi connectivity index (χ1v) is 6.22. The second kappa shape index (κ2) is 5.14. The molecule has 16 heavy (non-hydrogen) atoms. The molecule has 1 heterocycles. The summed E-state index contributed by atoms with van der Waals surface area (Å²) in [6.07, 6.45) is 0. The molecule has 0 spiro atoms. The third-order valence-electron chi connectivity index (χ3n) is 2.41. The zero-order valence-electron chi connectivity index (χ0n) is 9.27. The molecule has 0 saturated carbocycles. The van der Waals surface area contributed by atoms with Gasteiger partial charge in [-0.15, -0.1) is 11.3 Å². The lowest BCUT2D eigenvalue weighted by atomic mass is 10.1. The summed E-state index contributed by atoms with van der Waals surface area (Å²) in [6, 6.07) is 10.3. The van der Waals surface area contributed by atoms with Gasteiger partial charge in [-0.1, -0.05) is 12.1 Å². The Labute approximate surface area is 99.7 Å². The predicted molar refractivity (Wildman–Crippen MR) is 68.8 cm³/mol. The highest BCUT2D eigenvalue weighted by Gasteiger charge is 2.05. The van der Waals surface area contributed by atoms with E-state index in [0.717, 1.165) is 5.75 Å². The van der Waals surface area contributed by atoms with Crippen LogP contribution in [0.4, 0.5) is 0 Å². The predicted octanol–water partition coefficient (Wildman–Crippen LogP) is 3.27. The average Bonchev–Trinajstić information content (AvgIpc) is 2.78. The number of thiophene rings is 1. The summed E-state index contributed by atoms with van der Waals surface area (Å²) in [5, 5.41) is 2.08. The smallest absolute Gasteiger partial charge is 0.119 e.